The Bertz CT molecular complexity index is 665. The summed E-state index contributed by atoms with van der Waals surface area (Å²) < 4.78 is 51.2. The Hall–Kier alpha value is -0.790. The van der Waals surface area contributed by atoms with Crippen LogP contribution in [-0.2, 0) is 18.9 Å². The highest BCUT2D eigenvalue weighted by Crippen LogP contribution is 2.27. The Morgan fingerprint density at radius 1 is 1.15 bits per heavy atom. The van der Waals surface area contributed by atoms with Gasteiger partial charge in [0.2, 0.25) is 0 Å². The molecule has 0 atom stereocenters. The van der Waals surface area contributed by atoms with Crippen molar-refractivity contribution in [2.45, 2.75) is 25.2 Å². The van der Waals surface area contributed by atoms with Gasteiger partial charge in [-0.2, -0.15) is 0 Å². The van der Waals surface area contributed by atoms with Crippen LogP contribution in [0, 0.1) is 6.92 Å². The maximum atomic E-state index is 11.5. The third kappa shape index (κ3) is 5.30. The number of ether oxygens (including phenoxy) is 1. The molecule has 0 fully saturated rings. The van der Waals surface area contributed by atoms with E-state index in [1.54, 1.807) is 19.9 Å². The van der Waals surface area contributed by atoms with Crippen molar-refractivity contribution in [3.63, 3.8) is 0 Å². The van der Waals surface area contributed by atoms with Gasteiger partial charge in [0.1, 0.15) is 17.3 Å². The van der Waals surface area contributed by atoms with Crippen LogP contribution in [0.4, 0.5) is 0 Å². The van der Waals surface area contributed by atoms with Gasteiger partial charge >= 0.3 is 0 Å². The van der Waals surface area contributed by atoms with Crippen molar-refractivity contribution in [2.75, 3.05) is 18.1 Å². The molecule has 0 aliphatic heterocycles. The van der Waals surface area contributed by atoms with Crippen LogP contribution >= 0.6 is 10.7 Å². The molecule has 0 saturated heterocycles. The average molecular weight is 341 g/mol. The zero-order valence-electron chi connectivity index (χ0n) is 11.3. The summed E-state index contributed by atoms with van der Waals surface area (Å²) in [7, 11) is -1.77. The van der Waals surface area contributed by atoms with Crippen molar-refractivity contribution in [3.05, 3.63) is 23.8 Å². The Labute approximate surface area is 124 Å². The first kappa shape index (κ1) is 17.3. The summed E-state index contributed by atoms with van der Waals surface area (Å²) in [6.07, 6.45) is 0.536. The molecule has 114 valence electrons. The quantitative estimate of drug-likeness (QED) is 0.710. The van der Waals surface area contributed by atoms with Gasteiger partial charge in [-0.3, -0.25) is 0 Å². The van der Waals surface area contributed by atoms with Crippen LogP contribution in [0.1, 0.15) is 18.9 Å². The summed E-state index contributed by atoms with van der Waals surface area (Å²) in [5, 5.41) is 0. The van der Waals surface area contributed by atoms with Crippen molar-refractivity contribution in [1.82, 2.24) is 0 Å². The van der Waals surface area contributed by atoms with E-state index < -0.39 is 18.9 Å². The van der Waals surface area contributed by atoms with E-state index in [-0.39, 0.29) is 28.8 Å². The standard InChI is InChI=1S/C12H17ClO5S2/c1-3-7-19(14,15)8-6-18-11-5-4-10(2)9-12(11)20(13,16)17/h4-5,9H,3,6-8H2,1-2H3. The number of aryl methyl sites for hydroxylation is 1. The van der Waals surface area contributed by atoms with Crippen LogP contribution in [0.5, 0.6) is 5.75 Å². The van der Waals surface area contributed by atoms with Crippen LogP contribution in [0.2, 0.25) is 0 Å². The van der Waals surface area contributed by atoms with Crippen molar-refractivity contribution >= 4 is 29.6 Å². The van der Waals surface area contributed by atoms with Gasteiger partial charge in [-0.1, -0.05) is 13.0 Å². The van der Waals surface area contributed by atoms with Gasteiger partial charge in [0.15, 0.2) is 9.84 Å². The highest BCUT2D eigenvalue weighted by atomic mass is 35.7. The Kier molecular flexibility index (Phi) is 5.85. The highest BCUT2D eigenvalue weighted by molar-refractivity contribution is 8.13. The zero-order valence-corrected chi connectivity index (χ0v) is 13.7. The third-order valence-corrected chi connectivity index (χ3v) is 5.69. The average Bonchev–Trinajstić information content (AvgIpc) is 2.29. The second-order valence-electron chi connectivity index (χ2n) is 4.39. The molecule has 0 aliphatic carbocycles. The molecule has 0 radical (unpaired) electrons. The molecule has 0 unspecified atom stereocenters. The Balaban J connectivity index is 2.84. The van der Waals surface area contributed by atoms with Gasteiger partial charge < -0.3 is 4.74 Å². The molecular weight excluding hydrogens is 324 g/mol. The van der Waals surface area contributed by atoms with Gasteiger partial charge in [-0.15, -0.1) is 0 Å². The topological polar surface area (TPSA) is 77.5 Å². The lowest BCUT2D eigenvalue weighted by atomic mass is 10.2. The largest absolute Gasteiger partial charge is 0.491 e. The predicted octanol–water partition coefficient (Wildman–Crippen LogP) is 2.13. The fourth-order valence-corrected chi connectivity index (χ4v) is 3.84. The summed E-state index contributed by atoms with van der Waals surface area (Å²) in [6, 6.07) is 4.52. The predicted molar refractivity (Wildman–Crippen MR) is 78.7 cm³/mol. The molecule has 0 bridgehead atoms. The van der Waals surface area contributed by atoms with Crippen LogP contribution in [-0.4, -0.2) is 34.9 Å². The number of rotatable bonds is 7. The second-order valence-corrected chi connectivity index (χ2v) is 9.23. The zero-order chi connectivity index (χ0) is 15.4. The van der Waals surface area contributed by atoms with Gasteiger partial charge in [0.25, 0.3) is 9.05 Å². The number of hydrogen-bond donors (Lipinski definition) is 0. The van der Waals surface area contributed by atoms with E-state index >= 15 is 0 Å². The van der Waals surface area contributed by atoms with Crippen LogP contribution in [0.25, 0.3) is 0 Å². The van der Waals surface area contributed by atoms with E-state index in [0.717, 1.165) is 5.56 Å². The molecular formula is C12H17ClO5S2. The van der Waals surface area contributed by atoms with Crippen molar-refractivity contribution in [2.24, 2.45) is 0 Å². The lowest BCUT2D eigenvalue weighted by molar-refractivity contribution is 0.332. The number of sulfone groups is 1. The van der Waals surface area contributed by atoms with Crippen molar-refractivity contribution in [1.29, 1.82) is 0 Å². The molecule has 5 nitrogen and oxygen atoms in total. The molecule has 8 heteroatoms. The van der Waals surface area contributed by atoms with Crippen LogP contribution in [0.15, 0.2) is 23.1 Å². The summed E-state index contributed by atoms with van der Waals surface area (Å²) >= 11 is 0. The fourth-order valence-electron chi connectivity index (χ4n) is 1.62. The number of halogens is 1. The van der Waals surface area contributed by atoms with Gasteiger partial charge in [-0.05, 0) is 31.0 Å². The molecule has 1 rings (SSSR count). The number of benzene rings is 1. The van der Waals surface area contributed by atoms with Crippen LogP contribution < -0.4 is 4.74 Å². The Morgan fingerprint density at radius 3 is 2.35 bits per heavy atom. The molecule has 1 aromatic rings. The lowest BCUT2D eigenvalue weighted by Gasteiger charge is -2.10. The first-order valence-electron chi connectivity index (χ1n) is 6.04. The van der Waals surface area contributed by atoms with Crippen molar-refractivity contribution in [3.8, 4) is 5.75 Å². The number of hydrogen-bond acceptors (Lipinski definition) is 5. The SMILES string of the molecule is CCCS(=O)(=O)CCOc1ccc(C)cc1S(=O)(=O)Cl. The molecule has 1 aromatic carbocycles. The molecule has 20 heavy (non-hydrogen) atoms. The minimum atomic E-state index is -3.93. The Morgan fingerprint density at radius 2 is 1.80 bits per heavy atom. The summed E-state index contributed by atoms with van der Waals surface area (Å²) in [5.74, 6) is -0.00110. The maximum absolute atomic E-state index is 11.5. The molecule has 0 heterocycles. The normalized spacial score (nSPS) is 12.3. The summed E-state index contributed by atoms with van der Waals surface area (Å²) in [6.45, 7) is 3.39. The molecule has 0 spiro atoms. The maximum Gasteiger partial charge on any atom is 0.264 e. The molecule has 0 N–H and O–H groups in total. The van der Waals surface area contributed by atoms with E-state index in [4.69, 9.17) is 15.4 Å². The first-order valence-corrected chi connectivity index (χ1v) is 10.2. The van der Waals surface area contributed by atoms with E-state index in [9.17, 15) is 16.8 Å². The van der Waals surface area contributed by atoms with Crippen molar-refractivity contribution < 1.29 is 21.6 Å². The van der Waals surface area contributed by atoms with Crippen LogP contribution in [0.3, 0.4) is 0 Å². The molecule has 0 aliphatic rings. The van der Waals surface area contributed by atoms with Gasteiger partial charge in [0.05, 0.1) is 11.5 Å². The van der Waals surface area contributed by atoms with E-state index in [2.05, 4.69) is 0 Å². The highest BCUT2D eigenvalue weighted by Gasteiger charge is 2.18. The molecule has 0 aromatic heterocycles. The second kappa shape index (κ2) is 6.78. The first-order chi connectivity index (χ1) is 9.15. The minimum Gasteiger partial charge on any atom is -0.491 e. The summed E-state index contributed by atoms with van der Waals surface area (Å²) in [5.41, 5.74) is 0.718. The van der Waals surface area contributed by atoms with Gasteiger partial charge in [0, 0.05) is 10.7 Å². The smallest absolute Gasteiger partial charge is 0.264 e. The minimum absolute atomic E-state index is 0.0669. The lowest BCUT2D eigenvalue weighted by Crippen LogP contribution is -2.17. The molecule has 0 amide bonds. The molecule has 0 saturated carbocycles. The summed E-state index contributed by atoms with van der Waals surface area (Å²) in [4.78, 5) is -0.146. The van der Waals surface area contributed by atoms with E-state index in [0.29, 0.717) is 6.42 Å². The monoisotopic (exact) mass is 340 g/mol. The van der Waals surface area contributed by atoms with E-state index in [1.165, 1.54) is 12.1 Å². The third-order valence-electron chi connectivity index (χ3n) is 2.53. The van der Waals surface area contributed by atoms with E-state index in [1.807, 2.05) is 0 Å². The fraction of sp³-hybridized carbons (Fsp3) is 0.500. The van der Waals surface area contributed by atoms with Gasteiger partial charge in [-0.25, -0.2) is 16.8 Å².